The Morgan fingerprint density at radius 2 is 1.31 bits per heavy atom. The van der Waals surface area contributed by atoms with E-state index in [0.717, 1.165) is 91.9 Å². The second-order valence-electron chi connectivity index (χ2n) is 11.9. The summed E-state index contributed by atoms with van der Waals surface area (Å²) < 4.78 is 15.2. The Morgan fingerprint density at radius 3 is 1.79 bits per heavy atom. The third-order valence-corrected chi connectivity index (χ3v) is 8.79. The van der Waals surface area contributed by atoms with Gasteiger partial charge in [-0.15, -0.1) is 0 Å². The first kappa shape index (κ1) is 32.6. The summed E-state index contributed by atoms with van der Waals surface area (Å²) in [5.41, 5.74) is 3.95. The summed E-state index contributed by atoms with van der Waals surface area (Å²) in [6, 6.07) is 14.7. The molecule has 250 valence electrons. The number of phenolic OH excluding ortho intramolecular Hbond substituents is 1. The summed E-state index contributed by atoms with van der Waals surface area (Å²) in [5, 5.41) is 32.3. The van der Waals surface area contributed by atoms with Crippen LogP contribution >= 0.6 is 0 Å². The molecule has 14 nitrogen and oxygen atoms in total. The van der Waals surface area contributed by atoms with E-state index in [1.54, 1.807) is 24.3 Å². The fourth-order valence-electron chi connectivity index (χ4n) is 6.45. The summed E-state index contributed by atoms with van der Waals surface area (Å²) in [4.78, 5) is 42.8. The highest BCUT2D eigenvalue weighted by atomic mass is 16.6. The van der Waals surface area contributed by atoms with Gasteiger partial charge < -0.3 is 34.1 Å². The number of carbonyl (C=O) groups excluding carboxylic acids is 1. The van der Waals surface area contributed by atoms with Gasteiger partial charge in [-0.3, -0.25) is 14.9 Å². The number of non-ortho nitro benzene ring substituents is 1. The van der Waals surface area contributed by atoms with Crippen LogP contribution in [0.1, 0.15) is 70.1 Å². The van der Waals surface area contributed by atoms with E-state index < -0.39 is 16.8 Å². The van der Waals surface area contributed by atoms with Gasteiger partial charge in [-0.1, -0.05) is 0 Å². The van der Waals surface area contributed by atoms with E-state index in [-0.39, 0.29) is 22.7 Å². The Labute approximate surface area is 275 Å². The molecule has 3 N–H and O–H groups in total. The molecule has 0 bridgehead atoms. The molecule has 2 fully saturated rings. The van der Waals surface area contributed by atoms with Crippen LogP contribution in [0.5, 0.6) is 5.75 Å². The number of imidazole rings is 2. The summed E-state index contributed by atoms with van der Waals surface area (Å²) in [6.45, 7) is 6.92. The molecule has 0 atom stereocenters. The number of carboxylic acids is 1. The number of rotatable bonds is 6. The predicted molar refractivity (Wildman–Crippen MR) is 177 cm³/mol. The van der Waals surface area contributed by atoms with Crippen molar-refractivity contribution < 1.29 is 34.2 Å². The van der Waals surface area contributed by atoms with E-state index >= 15 is 0 Å². The number of aromatic carboxylic acids is 1. The number of hydrogen-bond acceptors (Lipinski definition) is 9. The van der Waals surface area contributed by atoms with Gasteiger partial charge in [0.2, 0.25) is 0 Å². The normalized spacial score (nSPS) is 15.6. The molecule has 48 heavy (non-hydrogen) atoms. The predicted octanol–water partition coefficient (Wildman–Crippen LogP) is 5.96. The molecule has 0 unspecified atom stereocenters. The second kappa shape index (κ2) is 13.8. The summed E-state index contributed by atoms with van der Waals surface area (Å²) in [5.74, 6) is 0.102. The first-order valence-electron chi connectivity index (χ1n) is 15.8. The van der Waals surface area contributed by atoms with E-state index in [4.69, 9.17) is 14.6 Å². The number of fused-ring (bicyclic) bond motifs is 2. The van der Waals surface area contributed by atoms with Crippen LogP contribution in [-0.2, 0) is 9.47 Å². The molecule has 3 aromatic carbocycles. The second-order valence-corrected chi connectivity index (χ2v) is 11.9. The fourth-order valence-corrected chi connectivity index (χ4v) is 6.45. The largest absolute Gasteiger partial charge is 0.506 e. The molecule has 0 radical (unpaired) electrons. The minimum atomic E-state index is -0.917. The maximum atomic E-state index is 12.6. The van der Waals surface area contributed by atoms with Crippen molar-refractivity contribution in [3.05, 3.63) is 87.5 Å². The molecular weight excluding hydrogens is 620 g/mol. The molecule has 14 heteroatoms. The van der Waals surface area contributed by atoms with Gasteiger partial charge in [-0.05, 0) is 82.0 Å². The number of nitro benzene ring substituents is 1. The first-order valence-corrected chi connectivity index (χ1v) is 15.8. The number of aromatic nitrogens is 4. The van der Waals surface area contributed by atoms with Crippen molar-refractivity contribution in [1.29, 1.82) is 0 Å². The quantitative estimate of drug-likeness (QED) is 0.112. The average molecular weight is 657 g/mol. The van der Waals surface area contributed by atoms with E-state index in [9.17, 15) is 24.8 Å². The Hall–Kier alpha value is -5.34. The maximum absolute atomic E-state index is 12.6. The third-order valence-electron chi connectivity index (χ3n) is 8.79. The van der Waals surface area contributed by atoms with Crippen molar-refractivity contribution in [2.24, 2.45) is 0 Å². The van der Waals surface area contributed by atoms with E-state index in [0.29, 0.717) is 17.6 Å². The van der Waals surface area contributed by atoms with Gasteiger partial charge in [-0.25, -0.2) is 14.8 Å². The van der Waals surface area contributed by atoms with Crippen molar-refractivity contribution in [1.82, 2.24) is 19.1 Å². The number of ether oxygens (including phenoxy) is 2. The summed E-state index contributed by atoms with van der Waals surface area (Å²) >= 11 is 0. The van der Waals surface area contributed by atoms with Crippen molar-refractivity contribution in [2.45, 2.75) is 51.6 Å². The van der Waals surface area contributed by atoms with Crippen LogP contribution in [0.25, 0.3) is 22.1 Å². The SMILES string of the molecule is Cc1nc2cc(C(=O)Nc3ccc([N+](=O)[O-])cc3O)ccc2n1C1CCOCC1.Cc1nc2cc(C(=O)O)ccc2n1C1CCOCC1. The number of nitro groups is 1. The maximum Gasteiger partial charge on any atom is 0.335 e. The van der Waals surface area contributed by atoms with Crippen LogP contribution < -0.4 is 5.32 Å². The van der Waals surface area contributed by atoms with Gasteiger partial charge in [0.1, 0.15) is 17.4 Å². The van der Waals surface area contributed by atoms with Crippen molar-refractivity contribution in [3.8, 4) is 5.75 Å². The average Bonchev–Trinajstić information content (AvgIpc) is 3.60. The van der Waals surface area contributed by atoms with Gasteiger partial charge >= 0.3 is 5.97 Å². The van der Waals surface area contributed by atoms with Crippen LogP contribution in [0.4, 0.5) is 11.4 Å². The number of anilines is 1. The molecule has 0 saturated carbocycles. The molecule has 5 aromatic rings. The molecule has 7 rings (SSSR count). The standard InChI is InChI=1S/C20H20N4O5.C14H16N2O3/c1-12-21-17-10-13(2-5-18(17)23(12)14-6-8-29-9-7-14)20(26)22-16-4-3-15(24(27)28)11-19(16)25;1-9-15-12-8-10(14(17)18)2-3-13(12)16(9)11-4-6-19-7-5-11/h2-5,10-11,14,25H,6-9H2,1H3,(H,22,26);2-3,8,11H,4-7H2,1H3,(H,17,18). The molecule has 2 aromatic heterocycles. The summed E-state index contributed by atoms with van der Waals surface area (Å²) in [6.07, 6.45) is 3.81. The number of amides is 1. The van der Waals surface area contributed by atoms with Gasteiger partial charge in [0, 0.05) is 50.1 Å². The number of benzene rings is 3. The Morgan fingerprint density at radius 1 is 0.812 bits per heavy atom. The van der Waals surface area contributed by atoms with Crippen molar-refractivity contribution in [3.63, 3.8) is 0 Å². The molecule has 0 aliphatic carbocycles. The fraction of sp³-hybridized carbons (Fsp3) is 0.353. The number of aromatic hydroxyl groups is 1. The van der Waals surface area contributed by atoms with Crippen molar-refractivity contribution in [2.75, 3.05) is 31.7 Å². The molecule has 1 amide bonds. The van der Waals surface area contributed by atoms with Crippen molar-refractivity contribution >= 4 is 45.3 Å². The van der Waals surface area contributed by atoms with Gasteiger partial charge in [0.25, 0.3) is 11.6 Å². The van der Waals surface area contributed by atoms with Gasteiger partial charge in [0.05, 0.1) is 44.3 Å². The monoisotopic (exact) mass is 656 g/mol. The number of carbonyl (C=O) groups is 2. The number of phenols is 1. The van der Waals surface area contributed by atoms with E-state index in [1.807, 2.05) is 26.0 Å². The lowest BCUT2D eigenvalue weighted by molar-refractivity contribution is -0.384. The van der Waals surface area contributed by atoms with E-state index in [1.165, 1.54) is 12.1 Å². The number of hydrogen-bond donors (Lipinski definition) is 3. The van der Waals surface area contributed by atoms with Crippen LogP contribution in [-0.4, -0.2) is 72.5 Å². The van der Waals surface area contributed by atoms with Crippen LogP contribution in [0.15, 0.2) is 54.6 Å². The van der Waals surface area contributed by atoms with Gasteiger partial charge in [-0.2, -0.15) is 0 Å². The lowest BCUT2D eigenvalue weighted by Crippen LogP contribution is -2.20. The zero-order valence-electron chi connectivity index (χ0n) is 26.6. The molecule has 2 aliphatic rings. The smallest absolute Gasteiger partial charge is 0.335 e. The molecular formula is C34H36N6O8. The molecule has 2 saturated heterocycles. The Kier molecular flexibility index (Phi) is 9.37. The lowest BCUT2D eigenvalue weighted by atomic mass is 10.1. The van der Waals surface area contributed by atoms with Gasteiger partial charge in [0.15, 0.2) is 0 Å². The van der Waals surface area contributed by atoms with E-state index in [2.05, 4.69) is 24.4 Å². The number of nitrogens with one attached hydrogen (secondary N) is 1. The lowest BCUT2D eigenvalue weighted by Gasteiger charge is -2.25. The number of aryl methyl sites for hydroxylation is 2. The highest BCUT2D eigenvalue weighted by Crippen LogP contribution is 2.31. The molecule has 4 heterocycles. The molecule has 2 aliphatic heterocycles. The summed E-state index contributed by atoms with van der Waals surface area (Å²) in [7, 11) is 0. The highest BCUT2D eigenvalue weighted by molar-refractivity contribution is 6.06. The van der Waals surface area contributed by atoms with Crippen LogP contribution in [0.2, 0.25) is 0 Å². The van der Waals surface area contributed by atoms with Crippen LogP contribution in [0.3, 0.4) is 0 Å². The molecule has 0 spiro atoms. The zero-order valence-corrected chi connectivity index (χ0v) is 26.6. The van der Waals surface area contributed by atoms with Crippen LogP contribution in [0, 0.1) is 24.0 Å². The first-order chi connectivity index (χ1) is 23.1. The number of nitrogens with zero attached hydrogens (tertiary/aromatic N) is 5. The minimum Gasteiger partial charge on any atom is -0.506 e. The number of carboxylic acid groups (broad SMARTS) is 1. The third kappa shape index (κ3) is 6.71. The minimum absolute atomic E-state index is 0.101. The topological polar surface area (TPSA) is 184 Å². The Bertz CT molecular complexity index is 2010. The Balaban J connectivity index is 0.000000182. The highest BCUT2D eigenvalue weighted by Gasteiger charge is 2.22. The zero-order chi connectivity index (χ0) is 33.9.